The fourth-order valence-corrected chi connectivity index (χ4v) is 2.86. The van der Waals surface area contributed by atoms with Crippen LogP contribution in [0.25, 0.3) is 0 Å². The van der Waals surface area contributed by atoms with Gasteiger partial charge < -0.3 is 15.2 Å². The summed E-state index contributed by atoms with van der Waals surface area (Å²) in [6, 6.07) is 6.95. The van der Waals surface area contributed by atoms with Crippen molar-refractivity contribution in [3.05, 3.63) is 43.0 Å². The molecular formula is C18H21NO5. The molecule has 0 aliphatic heterocycles. The first-order valence-corrected chi connectivity index (χ1v) is 7.86. The molecule has 0 saturated heterocycles. The number of nitrogens with two attached hydrogens (primary N) is 1. The van der Waals surface area contributed by atoms with E-state index >= 15 is 0 Å². The van der Waals surface area contributed by atoms with Gasteiger partial charge in [-0.1, -0.05) is 37.3 Å². The summed E-state index contributed by atoms with van der Waals surface area (Å²) in [5.74, 6) is -1.69. The van der Waals surface area contributed by atoms with Gasteiger partial charge in [0, 0.05) is 6.42 Å². The molecule has 0 aromatic heterocycles. The first-order valence-electron chi connectivity index (χ1n) is 7.86. The third-order valence-corrected chi connectivity index (χ3v) is 4.17. The largest absolute Gasteiger partial charge is 0.461 e. The van der Waals surface area contributed by atoms with Gasteiger partial charge in [-0.3, -0.25) is 9.59 Å². The number of rotatable bonds is 6. The number of hydrogen-bond donors (Lipinski definition) is 1. The zero-order chi connectivity index (χ0) is 17.6. The van der Waals surface area contributed by atoms with Crippen molar-refractivity contribution in [2.45, 2.75) is 31.7 Å². The summed E-state index contributed by atoms with van der Waals surface area (Å²) in [4.78, 5) is 37.4. The number of para-hydroxylation sites is 1. The van der Waals surface area contributed by atoms with Crippen LogP contribution in [0.2, 0.25) is 0 Å². The number of ketones is 1. The molecule has 0 radical (unpaired) electrons. The molecule has 1 fully saturated rings. The average molecular weight is 331 g/mol. The Hall–Kier alpha value is -2.47. The summed E-state index contributed by atoms with van der Waals surface area (Å²) in [6.45, 7) is 3.42. The summed E-state index contributed by atoms with van der Waals surface area (Å²) >= 11 is 0. The van der Waals surface area contributed by atoms with Gasteiger partial charge in [-0.05, 0) is 25.0 Å². The molecule has 0 heterocycles. The van der Waals surface area contributed by atoms with Gasteiger partial charge in [-0.15, -0.1) is 0 Å². The normalized spacial score (nSPS) is 21.6. The van der Waals surface area contributed by atoms with Gasteiger partial charge in [-0.25, -0.2) is 4.79 Å². The van der Waals surface area contributed by atoms with Crippen LogP contribution in [0, 0.1) is 5.41 Å². The molecular weight excluding hydrogens is 310 g/mol. The van der Waals surface area contributed by atoms with Crippen LogP contribution >= 0.6 is 0 Å². The van der Waals surface area contributed by atoms with Crippen LogP contribution in [0.3, 0.4) is 0 Å². The highest BCUT2D eigenvalue weighted by Crippen LogP contribution is 2.37. The number of Topliss-reactive ketones (excluding diaryl/α,β-unsaturated/α-hetero) is 1. The standard InChI is InChI=1S/C18H21NO5/c1-2-12-23-17(22)18(11-7-6-10-14(18)20)15(19)16(21)24-13-8-4-3-5-9-13/h2-5,8-9,15H,1,6-7,10-12,19H2. The lowest BCUT2D eigenvalue weighted by molar-refractivity contribution is -0.168. The predicted molar refractivity (Wildman–Crippen MR) is 87.1 cm³/mol. The zero-order valence-electron chi connectivity index (χ0n) is 13.4. The molecule has 2 N–H and O–H groups in total. The highest BCUT2D eigenvalue weighted by molar-refractivity contribution is 6.09. The zero-order valence-corrected chi connectivity index (χ0v) is 13.4. The minimum Gasteiger partial charge on any atom is -0.461 e. The Morgan fingerprint density at radius 3 is 2.62 bits per heavy atom. The maximum Gasteiger partial charge on any atom is 0.329 e. The number of carbonyl (C=O) groups is 3. The Labute approximate surface area is 140 Å². The van der Waals surface area contributed by atoms with Crippen LogP contribution in [0.4, 0.5) is 0 Å². The average Bonchev–Trinajstić information content (AvgIpc) is 2.60. The molecule has 1 saturated carbocycles. The van der Waals surface area contributed by atoms with Gasteiger partial charge in [0.05, 0.1) is 0 Å². The van der Waals surface area contributed by atoms with Crippen molar-refractivity contribution in [3.8, 4) is 5.75 Å². The molecule has 1 aromatic rings. The van der Waals surface area contributed by atoms with E-state index in [1.807, 2.05) is 0 Å². The van der Waals surface area contributed by atoms with Crippen molar-refractivity contribution in [3.63, 3.8) is 0 Å². The van der Waals surface area contributed by atoms with Crippen LogP contribution in [-0.4, -0.2) is 30.4 Å². The van der Waals surface area contributed by atoms with Crippen molar-refractivity contribution >= 4 is 17.7 Å². The van der Waals surface area contributed by atoms with E-state index in [0.29, 0.717) is 18.6 Å². The van der Waals surface area contributed by atoms with Crippen molar-refractivity contribution < 1.29 is 23.9 Å². The molecule has 0 amide bonds. The van der Waals surface area contributed by atoms with Crippen LogP contribution in [0.1, 0.15) is 25.7 Å². The molecule has 6 nitrogen and oxygen atoms in total. The van der Waals surface area contributed by atoms with E-state index in [1.165, 1.54) is 6.08 Å². The van der Waals surface area contributed by atoms with E-state index in [2.05, 4.69) is 6.58 Å². The lowest BCUT2D eigenvalue weighted by Gasteiger charge is -2.36. The smallest absolute Gasteiger partial charge is 0.329 e. The van der Waals surface area contributed by atoms with Crippen molar-refractivity contribution in [1.82, 2.24) is 0 Å². The maximum atomic E-state index is 12.5. The Morgan fingerprint density at radius 2 is 2.00 bits per heavy atom. The monoisotopic (exact) mass is 331 g/mol. The molecule has 0 bridgehead atoms. The molecule has 6 heteroatoms. The molecule has 24 heavy (non-hydrogen) atoms. The molecule has 1 aliphatic carbocycles. The van der Waals surface area contributed by atoms with Gasteiger partial charge in [0.15, 0.2) is 11.2 Å². The molecule has 2 rings (SSSR count). The Kier molecular flexibility index (Phi) is 5.87. The van der Waals surface area contributed by atoms with Crippen molar-refractivity contribution in [1.29, 1.82) is 0 Å². The molecule has 0 spiro atoms. The second-order valence-electron chi connectivity index (χ2n) is 5.70. The Bertz CT molecular complexity index is 628. The lowest BCUT2D eigenvalue weighted by Crippen LogP contribution is -2.59. The second kappa shape index (κ2) is 7.88. The molecule has 1 aliphatic rings. The van der Waals surface area contributed by atoms with Gasteiger partial charge in [0.2, 0.25) is 0 Å². The number of ether oxygens (including phenoxy) is 2. The third kappa shape index (κ3) is 3.54. The summed E-state index contributed by atoms with van der Waals surface area (Å²) in [7, 11) is 0. The van der Waals surface area contributed by atoms with Crippen LogP contribution in [0.5, 0.6) is 5.75 Å². The Morgan fingerprint density at radius 1 is 1.29 bits per heavy atom. The summed E-state index contributed by atoms with van der Waals surface area (Å²) < 4.78 is 10.3. The minimum absolute atomic E-state index is 0.0473. The molecule has 2 unspecified atom stereocenters. The minimum atomic E-state index is -1.69. The fourth-order valence-electron chi connectivity index (χ4n) is 2.86. The van der Waals surface area contributed by atoms with Crippen LogP contribution in [0.15, 0.2) is 43.0 Å². The topological polar surface area (TPSA) is 95.7 Å². The van der Waals surface area contributed by atoms with Gasteiger partial charge in [0.25, 0.3) is 0 Å². The highest BCUT2D eigenvalue weighted by atomic mass is 16.5. The van der Waals surface area contributed by atoms with Crippen LogP contribution < -0.4 is 10.5 Å². The van der Waals surface area contributed by atoms with Gasteiger partial charge in [0.1, 0.15) is 18.4 Å². The fraction of sp³-hybridized carbons (Fsp3) is 0.389. The van der Waals surface area contributed by atoms with Crippen molar-refractivity contribution in [2.24, 2.45) is 11.1 Å². The lowest BCUT2D eigenvalue weighted by atomic mass is 9.68. The highest BCUT2D eigenvalue weighted by Gasteiger charge is 2.55. The first-order chi connectivity index (χ1) is 11.5. The number of esters is 2. The van der Waals surface area contributed by atoms with E-state index < -0.39 is 23.4 Å². The first kappa shape index (κ1) is 17.9. The number of carbonyl (C=O) groups excluding carboxylic acids is 3. The number of benzene rings is 1. The second-order valence-corrected chi connectivity index (χ2v) is 5.70. The van der Waals surface area contributed by atoms with Crippen molar-refractivity contribution in [2.75, 3.05) is 6.61 Å². The summed E-state index contributed by atoms with van der Waals surface area (Å²) in [6.07, 6.45) is 3.03. The summed E-state index contributed by atoms with van der Waals surface area (Å²) in [5.41, 5.74) is 4.33. The van der Waals surface area contributed by atoms with E-state index in [4.69, 9.17) is 15.2 Å². The molecule has 2 atom stereocenters. The van der Waals surface area contributed by atoms with E-state index in [9.17, 15) is 14.4 Å². The van der Waals surface area contributed by atoms with E-state index in [1.54, 1.807) is 30.3 Å². The van der Waals surface area contributed by atoms with Gasteiger partial charge in [-0.2, -0.15) is 0 Å². The van der Waals surface area contributed by atoms with Crippen LogP contribution in [-0.2, 0) is 19.1 Å². The molecule has 1 aromatic carbocycles. The Balaban J connectivity index is 2.25. The van der Waals surface area contributed by atoms with E-state index in [-0.39, 0.29) is 25.2 Å². The maximum absolute atomic E-state index is 12.5. The molecule has 128 valence electrons. The van der Waals surface area contributed by atoms with Gasteiger partial charge >= 0.3 is 11.9 Å². The third-order valence-electron chi connectivity index (χ3n) is 4.17. The summed E-state index contributed by atoms with van der Waals surface area (Å²) in [5, 5.41) is 0. The predicted octanol–water partition coefficient (Wildman–Crippen LogP) is 1.78. The van der Waals surface area contributed by atoms with E-state index in [0.717, 1.165) is 0 Å². The SMILES string of the molecule is C=CCOC(=O)C1(C(N)C(=O)Oc2ccccc2)CCCCC1=O. The quantitative estimate of drug-likeness (QED) is 0.369. The number of hydrogen-bond acceptors (Lipinski definition) is 6.